The van der Waals surface area contributed by atoms with Gasteiger partial charge in [-0.05, 0) is 44.0 Å². The van der Waals surface area contributed by atoms with Crippen molar-refractivity contribution in [3.63, 3.8) is 0 Å². The predicted molar refractivity (Wildman–Crippen MR) is 127 cm³/mol. The Labute approximate surface area is 190 Å². The lowest BCUT2D eigenvalue weighted by molar-refractivity contribution is -0.115. The Balaban J connectivity index is 1.60. The highest BCUT2D eigenvalue weighted by molar-refractivity contribution is 8.26. The second-order valence-corrected chi connectivity index (χ2v) is 9.54. The molecule has 3 heterocycles. The van der Waals surface area contributed by atoms with Crippen LogP contribution in [-0.4, -0.2) is 57.3 Å². The molecular formula is C22H24FN5OS2. The van der Waals surface area contributed by atoms with Gasteiger partial charge >= 0.3 is 0 Å². The first-order valence-corrected chi connectivity index (χ1v) is 11.5. The van der Waals surface area contributed by atoms with Gasteiger partial charge in [0.05, 0.1) is 23.0 Å². The third-order valence-electron chi connectivity index (χ3n) is 5.41. The van der Waals surface area contributed by atoms with Gasteiger partial charge in [-0.15, -0.1) is 0 Å². The van der Waals surface area contributed by atoms with E-state index in [1.807, 2.05) is 0 Å². The van der Waals surface area contributed by atoms with Crippen molar-refractivity contribution in [3.05, 3.63) is 46.9 Å². The van der Waals surface area contributed by atoms with Gasteiger partial charge in [0.2, 0.25) is 0 Å². The molecule has 2 fully saturated rings. The maximum Gasteiger partial charge on any atom is 0.263 e. The fraction of sp³-hybridized carbons (Fsp3) is 0.364. The monoisotopic (exact) mass is 457 g/mol. The number of carbonyl (C=O) groups excluding carboxylic acids is 1. The fourth-order valence-corrected chi connectivity index (χ4v) is 4.77. The van der Waals surface area contributed by atoms with Gasteiger partial charge in [0.1, 0.15) is 16.0 Å². The maximum atomic E-state index is 14.7. The third kappa shape index (κ3) is 5.11. The molecule has 6 nitrogen and oxygen atoms in total. The Morgan fingerprint density at radius 3 is 2.81 bits per heavy atom. The number of thioether (sulfide) groups is 1. The fourth-order valence-electron chi connectivity index (χ4n) is 3.72. The minimum Gasteiger partial charge on any atom is -0.354 e. The molecule has 0 bridgehead atoms. The molecule has 9 heteroatoms. The molecule has 0 spiro atoms. The van der Waals surface area contributed by atoms with E-state index >= 15 is 0 Å². The zero-order valence-corrected chi connectivity index (χ0v) is 19.1. The largest absolute Gasteiger partial charge is 0.354 e. The standard InChI is InChI=1S/C22H24FN5OS2/c1-14(2)27-6-3-7-28(9-8-27)20-13-24-12-18(25-20)16-10-15(4-5-17(16)23)11-19-21(29)26-22(30)31-19/h4-5,10-14H,3,6-9H2,1-2H3,(H,26,29,30). The van der Waals surface area contributed by atoms with Crippen LogP contribution in [0.25, 0.3) is 17.3 Å². The number of nitrogens with zero attached hydrogens (tertiary/aromatic N) is 4. The highest BCUT2D eigenvalue weighted by atomic mass is 32.2. The zero-order chi connectivity index (χ0) is 22.0. The summed E-state index contributed by atoms with van der Waals surface area (Å²) in [6, 6.07) is 5.22. The molecule has 0 radical (unpaired) electrons. The number of amides is 1. The second kappa shape index (κ2) is 9.42. The van der Waals surface area contributed by atoms with E-state index in [2.05, 4.69) is 33.9 Å². The second-order valence-electron chi connectivity index (χ2n) is 7.82. The molecule has 0 atom stereocenters. The zero-order valence-electron chi connectivity index (χ0n) is 17.5. The Morgan fingerprint density at radius 1 is 1.23 bits per heavy atom. The molecule has 1 aromatic carbocycles. The summed E-state index contributed by atoms with van der Waals surface area (Å²) in [4.78, 5) is 26.1. The van der Waals surface area contributed by atoms with Gasteiger partial charge in [0, 0.05) is 37.8 Å². The van der Waals surface area contributed by atoms with Crippen LogP contribution in [0.15, 0.2) is 35.5 Å². The number of benzene rings is 1. The summed E-state index contributed by atoms with van der Waals surface area (Å²) in [7, 11) is 0. The van der Waals surface area contributed by atoms with Crippen molar-refractivity contribution >= 4 is 46.1 Å². The summed E-state index contributed by atoms with van der Waals surface area (Å²) in [5.74, 6) is 0.135. The minimum atomic E-state index is -0.380. The molecule has 2 aliphatic heterocycles. The summed E-state index contributed by atoms with van der Waals surface area (Å²) < 4.78 is 15.1. The lowest BCUT2D eigenvalue weighted by atomic mass is 10.1. The number of halogens is 1. The Morgan fingerprint density at radius 2 is 2.06 bits per heavy atom. The van der Waals surface area contributed by atoms with Crippen LogP contribution in [-0.2, 0) is 4.79 Å². The lowest BCUT2D eigenvalue weighted by Crippen LogP contribution is -2.35. The van der Waals surface area contributed by atoms with Crippen LogP contribution in [0, 0.1) is 5.82 Å². The normalized spacial score (nSPS) is 19.2. The van der Waals surface area contributed by atoms with Crippen molar-refractivity contribution in [3.8, 4) is 11.3 Å². The molecule has 2 aliphatic rings. The number of hydrogen-bond donors (Lipinski definition) is 1. The van der Waals surface area contributed by atoms with E-state index in [9.17, 15) is 9.18 Å². The molecule has 0 saturated carbocycles. The minimum absolute atomic E-state index is 0.237. The van der Waals surface area contributed by atoms with Crippen LogP contribution in [0.1, 0.15) is 25.8 Å². The average Bonchev–Trinajstić information content (AvgIpc) is 2.94. The van der Waals surface area contributed by atoms with E-state index in [1.54, 1.807) is 30.6 Å². The van der Waals surface area contributed by atoms with Crippen LogP contribution in [0.4, 0.5) is 10.2 Å². The number of nitrogens with one attached hydrogen (secondary N) is 1. The highest BCUT2D eigenvalue weighted by Gasteiger charge is 2.22. The van der Waals surface area contributed by atoms with E-state index in [0.717, 1.165) is 38.4 Å². The van der Waals surface area contributed by atoms with Gasteiger partial charge in [-0.1, -0.05) is 30.0 Å². The van der Waals surface area contributed by atoms with E-state index < -0.39 is 0 Å². The maximum absolute atomic E-state index is 14.7. The molecule has 0 aliphatic carbocycles. The van der Waals surface area contributed by atoms with Crippen LogP contribution < -0.4 is 10.2 Å². The van der Waals surface area contributed by atoms with E-state index in [0.29, 0.717) is 32.1 Å². The van der Waals surface area contributed by atoms with Crippen LogP contribution >= 0.6 is 24.0 Å². The number of thiocarbonyl (C=S) groups is 1. The molecule has 162 valence electrons. The SMILES string of the molecule is CC(C)N1CCCN(c2cncc(-c3cc(C=C4SC(=S)NC4=O)ccc3F)n2)CC1. The quantitative estimate of drug-likeness (QED) is 0.555. The van der Waals surface area contributed by atoms with Gasteiger partial charge in [0.15, 0.2) is 0 Å². The lowest BCUT2D eigenvalue weighted by Gasteiger charge is -2.25. The van der Waals surface area contributed by atoms with E-state index in [1.165, 1.54) is 17.8 Å². The Kier molecular flexibility index (Phi) is 6.64. The van der Waals surface area contributed by atoms with Crippen molar-refractivity contribution < 1.29 is 9.18 Å². The Bertz CT molecular complexity index is 1040. The van der Waals surface area contributed by atoms with Crippen molar-refractivity contribution in [1.29, 1.82) is 0 Å². The van der Waals surface area contributed by atoms with Gasteiger partial charge in [-0.25, -0.2) is 9.37 Å². The molecular weight excluding hydrogens is 433 g/mol. The van der Waals surface area contributed by atoms with Crippen molar-refractivity contribution in [1.82, 2.24) is 20.2 Å². The number of hydrogen-bond acceptors (Lipinski definition) is 7. The van der Waals surface area contributed by atoms with Crippen LogP contribution in [0.3, 0.4) is 0 Å². The predicted octanol–water partition coefficient (Wildman–Crippen LogP) is 3.69. The number of anilines is 1. The van der Waals surface area contributed by atoms with E-state index in [-0.39, 0.29) is 11.7 Å². The van der Waals surface area contributed by atoms with E-state index in [4.69, 9.17) is 17.2 Å². The molecule has 4 rings (SSSR count). The first kappa shape index (κ1) is 21.9. The average molecular weight is 458 g/mol. The first-order chi connectivity index (χ1) is 14.9. The van der Waals surface area contributed by atoms with Crippen LogP contribution in [0.2, 0.25) is 0 Å². The van der Waals surface area contributed by atoms with Gasteiger partial charge in [-0.2, -0.15) is 0 Å². The van der Waals surface area contributed by atoms with Crippen molar-refractivity contribution in [2.24, 2.45) is 0 Å². The van der Waals surface area contributed by atoms with Gasteiger partial charge in [0.25, 0.3) is 5.91 Å². The summed E-state index contributed by atoms with van der Waals surface area (Å²) in [6.45, 7) is 8.19. The number of carbonyl (C=O) groups is 1. The first-order valence-electron chi connectivity index (χ1n) is 10.3. The van der Waals surface area contributed by atoms with Crippen molar-refractivity contribution in [2.75, 3.05) is 31.1 Å². The topological polar surface area (TPSA) is 61.4 Å². The molecule has 1 N–H and O–H groups in total. The molecule has 31 heavy (non-hydrogen) atoms. The summed E-state index contributed by atoms with van der Waals surface area (Å²) in [5.41, 5.74) is 1.53. The summed E-state index contributed by atoms with van der Waals surface area (Å²) >= 11 is 6.22. The molecule has 0 unspecified atom stereocenters. The van der Waals surface area contributed by atoms with Crippen LogP contribution in [0.5, 0.6) is 0 Å². The van der Waals surface area contributed by atoms with Gasteiger partial charge < -0.3 is 10.2 Å². The molecule has 1 amide bonds. The highest BCUT2D eigenvalue weighted by Crippen LogP contribution is 2.29. The summed E-state index contributed by atoms with van der Waals surface area (Å²) in [5, 5.41) is 2.59. The Hall–Kier alpha value is -2.36. The molecule has 1 aromatic heterocycles. The summed E-state index contributed by atoms with van der Waals surface area (Å²) in [6.07, 6.45) is 6.06. The number of rotatable bonds is 4. The smallest absolute Gasteiger partial charge is 0.263 e. The molecule has 2 saturated heterocycles. The third-order valence-corrected chi connectivity index (χ3v) is 6.58. The number of aromatic nitrogens is 2. The van der Waals surface area contributed by atoms with Gasteiger partial charge in [-0.3, -0.25) is 14.7 Å². The van der Waals surface area contributed by atoms with Crippen molar-refractivity contribution in [2.45, 2.75) is 26.3 Å². The molecule has 2 aromatic rings.